The maximum Gasteiger partial charge on any atom is 0.270 e. The minimum absolute atomic E-state index is 0. The van der Waals surface area contributed by atoms with E-state index in [-0.39, 0.29) is 41.1 Å². The van der Waals surface area contributed by atoms with Gasteiger partial charge in [0.05, 0.1) is 9.82 Å². The summed E-state index contributed by atoms with van der Waals surface area (Å²) in [5.74, 6) is 1.29. The Morgan fingerprint density at radius 1 is 1.19 bits per heavy atom. The zero-order valence-electron chi connectivity index (χ0n) is 17.8. The Bertz CT molecular complexity index is 1030. The lowest BCUT2D eigenvalue weighted by molar-refractivity contribution is -0.385. The van der Waals surface area contributed by atoms with Gasteiger partial charge in [-0.05, 0) is 30.4 Å². The highest BCUT2D eigenvalue weighted by molar-refractivity contribution is 14.0. The van der Waals surface area contributed by atoms with Gasteiger partial charge in [0.25, 0.3) is 5.69 Å². The van der Waals surface area contributed by atoms with Crippen molar-refractivity contribution in [1.82, 2.24) is 14.9 Å². The molecule has 174 valence electrons. The number of nitro benzene ring substituents is 1. The summed E-state index contributed by atoms with van der Waals surface area (Å²) in [6, 6.07) is 15.4. The van der Waals surface area contributed by atoms with Crippen LogP contribution in [0.5, 0.6) is 0 Å². The highest BCUT2D eigenvalue weighted by Crippen LogP contribution is 2.21. The van der Waals surface area contributed by atoms with E-state index in [1.165, 1.54) is 23.8 Å². The third kappa shape index (κ3) is 7.14. The van der Waals surface area contributed by atoms with Crippen LogP contribution in [0.4, 0.5) is 5.69 Å². The molecule has 2 N–H and O–H groups in total. The van der Waals surface area contributed by atoms with Crippen LogP contribution in [0.25, 0.3) is 0 Å². The molecule has 32 heavy (non-hydrogen) atoms. The molecule has 1 heterocycles. The van der Waals surface area contributed by atoms with Crippen LogP contribution < -0.4 is 10.0 Å². The van der Waals surface area contributed by atoms with Gasteiger partial charge in [-0.15, -0.1) is 24.0 Å². The second-order valence-corrected chi connectivity index (χ2v) is 9.18. The van der Waals surface area contributed by atoms with Gasteiger partial charge in [0.1, 0.15) is 0 Å². The lowest BCUT2D eigenvalue weighted by Crippen LogP contribution is -2.43. The minimum atomic E-state index is -3.83. The second kappa shape index (κ2) is 12.1. The van der Waals surface area contributed by atoms with Crippen LogP contribution >= 0.6 is 24.0 Å². The summed E-state index contributed by atoms with van der Waals surface area (Å²) < 4.78 is 27.3. The first-order valence-electron chi connectivity index (χ1n) is 10.1. The number of nitrogens with one attached hydrogen (secondary N) is 2. The molecule has 1 fully saturated rings. The molecule has 1 unspecified atom stereocenters. The van der Waals surface area contributed by atoms with Crippen molar-refractivity contribution in [3.8, 4) is 0 Å². The minimum Gasteiger partial charge on any atom is -0.355 e. The van der Waals surface area contributed by atoms with Crippen molar-refractivity contribution < 1.29 is 13.3 Å². The number of benzene rings is 2. The standard InChI is InChI=1S/C21H27N5O4S.HI/c1-22-21(25-13-10-18(16-25)14-17-6-3-2-4-7-17)23-11-12-24-31(29,30)20-9-5-8-19(15-20)26(27)28;/h2-9,15,18,24H,10-14,16H2,1H3,(H,22,23);1H. The Balaban J connectivity index is 0.00000363. The number of hydrogen-bond donors (Lipinski definition) is 2. The van der Waals surface area contributed by atoms with Gasteiger partial charge < -0.3 is 10.2 Å². The second-order valence-electron chi connectivity index (χ2n) is 7.42. The summed E-state index contributed by atoms with van der Waals surface area (Å²) in [5.41, 5.74) is 1.06. The average molecular weight is 573 g/mol. The van der Waals surface area contributed by atoms with Crippen molar-refractivity contribution in [2.75, 3.05) is 33.2 Å². The number of guanidine groups is 1. The number of halogens is 1. The quantitative estimate of drug-likeness (QED) is 0.125. The van der Waals surface area contributed by atoms with E-state index in [4.69, 9.17) is 0 Å². The van der Waals surface area contributed by atoms with E-state index in [9.17, 15) is 18.5 Å². The van der Waals surface area contributed by atoms with Crippen LogP contribution in [0.2, 0.25) is 0 Å². The number of nitro groups is 1. The molecule has 11 heteroatoms. The topological polar surface area (TPSA) is 117 Å². The molecule has 1 atom stereocenters. The summed E-state index contributed by atoms with van der Waals surface area (Å²) >= 11 is 0. The number of hydrogen-bond acceptors (Lipinski definition) is 5. The van der Waals surface area contributed by atoms with Gasteiger partial charge in [0.2, 0.25) is 10.0 Å². The lowest BCUT2D eigenvalue weighted by atomic mass is 9.99. The SMILES string of the molecule is CN=C(NCCNS(=O)(=O)c1cccc([N+](=O)[O-])c1)N1CCC(Cc2ccccc2)C1.I. The van der Waals surface area contributed by atoms with Crippen LogP contribution in [-0.4, -0.2) is 57.4 Å². The highest BCUT2D eigenvalue weighted by Gasteiger charge is 2.25. The molecule has 0 aromatic heterocycles. The first-order valence-corrected chi connectivity index (χ1v) is 11.6. The van der Waals surface area contributed by atoms with Gasteiger partial charge in [-0.1, -0.05) is 36.4 Å². The van der Waals surface area contributed by atoms with E-state index in [1.54, 1.807) is 7.05 Å². The number of non-ortho nitro benzene ring substituents is 1. The van der Waals surface area contributed by atoms with Crippen LogP contribution in [0, 0.1) is 16.0 Å². The van der Waals surface area contributed by atoms with E-state index < -0.39 is 14.9 Å². The fraction of sp³-hybridized carbons (Fsp3) is 0.381. The molecule has 2 aromatic carbocycles. The number of aliphatic imine (C=N–C) groups is 1. The lowest BCUT2D eigenvalue weighted by Gasteiger charge is -2.22. The normalized spacial score (nSPS) is 16.5. The van der Waals surface area contributed by atoms with Crippen molar-refractivity contribution in [3.63, 3.8) is 0 Å². The number of rotatable bonds is 8. The summed E-state index contributed by atoms with van der Waals surface area (Å²) in [5, 5.41) is 14.1. The van der Waals surface area contributed by atoms with Gasteiger partial charge in [0, 0.05) is 45.4 Å². The number of likely N-dealkylation sites (tertiary alicyclic amines) is 1. The maximum atomic E-state index is 12.4. The summed E-state index contributed by atoms with van der Waals surface area (Å²) in [6.07, 6.45) is 2.10. The molecule has 0 radical (unpaired) electrons. The maximum absolute atomic E-state index is 12.4. The van der Waals surface area contributed by atoms with Crippen molar-refractivity contribution in [3.05, 3.63) is 70.3 Å². The zero-order valence-corrected chi connectivity index (χ0v) is 21.0. The Morgan fingerprint density at radius 3 is 2.62 bits per heavy atom. The average Bonchev–Trinajstić information content (AvgIpc) is 3.22. The van der Waals surface area contributed by atoms with E-state index in [1.807, 2.05) is 6.07 Å². The molecular weight excluding hydrogens is 545 g/mol. The first kappa shape index (κ1) is 26.0. The van der Waals surface area contributed by atoms with Crippen LogP contribution in [0.15, 0.2) is 64.5 Å². The Kier molecular flexibility index (Phi) is 9.84. The molecule has 0 spiro atoms. The summed E-state index contributed by atoms with van der Waals surface area (Å²) in [4.78, 5) is 16.6. The van der Waals surface area contributed by atoms with Gasteiger partial charge >= 0.3 is 0 Å². The van der Waals surface area contributed by atoms with E-state index in [2.05, 4.69) is 44.2 Å². The molecule has 9 nitrogen and oxygen atoms in total. The Hall–Kier alpha value is -2.25. The van der Waals surface area contributed by atoms with E-state index >= 15 is 0 Å². The van der Waals surface area contributed by atoms with Crippen LogP contribution in [0.1, 0.15) is 12.0 Å². The number of sulfonamides is 1. The Morgan fingerprint density at radius 2 is 1.94 bits per heavy atom. The highest BCUT2D eigenvalue weighted by atomic mass is 127. The summed E-state index contributed by atoms with van der Waals surface area (Å²) in [6.45, 7) is 2.27. The molecule has 3 rings (SSSR count). The fourth-order valence-electron chi connectivity index (χ4n) is 3.68. The largest absolute Gasteiger partial charge is 0.355 e. The first-order chi connectivity index (χ1) is 14.9. The molecule has 1 aliphatic rings. The van der Waals surface area contributed by atoms with Crippen molar-refractivity contribution >= 4 is 45.6 Å². The van der Waals surface area contributed by atoms with Crippen molar-refractivity contribution in [2.24, 2.45) is 10.9 Å². The smallest absolute Gasteiger partial charge is 0.270 e. The molecule has 0 bridgehead atoms. The molecule has 1 saturated heterocycles. The van der Waals surface area contributed by atoms with Gasteiger partial charge in [-0.25, -0.2) is 13.1 Å². The predicted molar refractivity (Wildman–Crippen MR) is 135 cm³/mol. The molecule has 2 aromatic rings. The predicted octanol–water partition coefficient (Wildman–Crippen LogP) is 2.63. The van der Waals surface area contributed by atoms with Gasteiger partial charge in [-0.2, -0.15) is 0 Å². The van der Waals surface area contributed by atoms with E-state index in [0.717, 1.165) is 38.0 Å². The Labute approximate surface area is 205 Å². The third-order valence-corrected chi connectivity index (χ3v) is 6.66. The fourth-order valence-corrected chi connectivity index (χ4v) is 4.75. The van der Waals surface area contributed by atoms with Crippen molar-refractivity contribution in [2.45, 2.75) is 17.7 Å². The van der Waals surface area contributed by atoms with Crippen LogP contribution in [0.3, 0.4) is 0 Å². The van der Waals surface area contributed by atoms with Crippen LogP contribution in [-0.2, 0) is 16.4 Å². The molecule has 1 aliphatic heterocycles. The molecule has 0 aliphatic carbocycles. The van der Waals surface area contributed by atoms with Gasteiger partial charge in [-0.3, -0.25) is 15.1 Å². The summed E-state index contributed by atoms with van der Waals surface area (Å²) in [7, 11) is -2.12. The molecular formula is C21H28IN5O4S. The van der Waals surface area contributed by atoms with E-state index in [0.29, 0.717) is 12.5 Å². The number of nitrogens with zero attached hydrogens (tertiary/aromatic N) is 3. The molecule has 0 saturated carbocycles. The van der Waals surface area contributed by atoms with Gasteiger partial charge in [0.15, 0.2) is 5.96 Å². The van der Waals surface area contributed by atoms with Crippen molar-refractivity contribution in [1.29, 1.82) is 0 Å². The monoisotopic (exact) mass is 573 g/mol. The third-order valence-electron chi connectivity index (χ3n) is 5.20. The molecule has 0 amide bonds. The zero-order chi connectivity index (χ0) is 22.3.